The summed E-state index contributed by atoms with van der Waals surface area (Å²) in [7, 11) is 0. The average Bonchev–Trinajstić information content (AvgIpc) is 2.98. The maximum Gasteiger partial charge on any atom is 0.262 e. The summed E-state index contributed by atoms with van der Waals surface area (Å²) >= 11 is 0. The number of fused-ring (bicyclic) bond motifs is 3. The van der Waals surface area contributed by atoms with Crippen LogP contribution in [0.5, 0.6) is 5.75 Å². The topological polar surface area (TPSA) is 87.7 Å². The van der Waals surface area contributed by atoms with E-state index in [-0.39, 0.29) is 30.7 Å². The first kappa shape index (κ1) is 21.2. The van der Waals surface area contributed by atoms with Crippen LogP contribution in [0.25, 0.3) is 10.8 Å². The highest BCUT2D eigenvalue weighted by molar-refractivity contribution is 6.21. The first-order valence-corrected chi connectivity index (χ1v) is 10.8. The monoisotopic (exact) mass is 451 g/mol. The molecule has 0 bridgehead atoms. The van der Waals surface area contributed by atoms with Gasteiger partial charge in [-0.05, 0) is 47.9 Å². The van der Waals surface area contributed by atoms with E-state index in [0.29, 0.717) is 28.5 Å². The third-order valence-corrected chi connectivity index (χ3v) is 5.50. The van der Waals surface area contributed by atoms with Crippen molar-refractivity contribution < 1.29 is 19.1 Å². The molecule has 0 saturated carbocycles. The van der Waals surface area contributed by atoms with Crippen molar-refractivity contribution in [1.82, 2.24) is 0 Å². The number of hydrogen-bond donors (Lipinski definition) is 2. The highest BCUT2D eigenvalue weighted by atomic mass is 16.5. The number of nitrogens with one attached hydrogen (secondary N) is 2. The Morgan fingerprint density at radius 1 is 0.882 bits per heavy atom. The summed E-state index contributed by atoms with van der Waals surface area (Å²) in [5.41, 5.74) is 2.36. The second-order valence-corrected chi connectivity index (χ2v) is 7.83. The van der Waals surface area contributed by atoms with Gasteiger partial charge in [-0.15, -0.1) is 0 Å². The highest BCUT2D eigenvalue weighted by Gasteiger charge is 2.28. The molecule has 1 heterocycles. The van der Waals surface area contributed by atoms with Crippen LogP contribution >= 0.6 is 0 Å². The Bertz CT molecular complexity index is 1380. The van der Waals surface area contributed by atoms with Crippen molar-refractivity contribution in [1.29, 1.82) is 0 Å². The highest BCUT2D eigenvalue weighted by Crippen LogP contribution is 2.40. The second kappa shape index (κ2) is 9.07. The summed E-state index contributed by atoms with van der Waals surface area (Å²) in [5, 5.41) is 7.49. The molecule has 7 nitrogen and oxygen atoms in total. The van der Waals surface area contributed by atoms with E-state index in [1.54, 1.807) is 36.4 Å². The van der Waals surface area contributed by atoms with Gasteiger partial charge in [-0.25, -0.2) is 0 Å². The van der Waals surface area contributed by atoms with Crippen molar-refractivity contribution >= 4 is 51.2 Å². The van der Waals surface area contributed by atoms with Crippen molar-refractivity contribution in [3.8, 4) is 5.75 Å². The number of benzene rings is 4. The van der Waals surface area contributed by atoms with Crippen LogP contribution in [0, 0.1) is 0 Å². The predicted molar refractivity (Wildman–Crippen MR) is 131 cm³/mol. The van der Waals surface area contributed by atoms with E-state index in [1.165, 1.54) is 4.90 Å². The van der Waals surface area contributed by atoms with Crippen molar-refractivity contribution in [2.24, 2.45) is 0 Å². The van der Waals surface area contributed by atoms with Gasteiger partial charge < -0.3 is 15.4 Å². The number of carbonyl (C=O) groups excluding carboxylic acids is 3. The molecule has 0 unspecified atom stereocenters. The first-order chi connectivity index (χ1) is 16.6. The molecule has 3 amide bonds. The molecule has 1 aliphatic heterocycles. The summed E-state index contributed by atoms with van der Waals surface area (Å²) in [4.78, 5) is 39.2. The molecular weight excluding hydrogens is 430 g/mol. The number of hydrogen-bond acceptors (Lipinski definition) is 4. The minimum atomic E-state index is -0.354. The van der Waals surface area contributed by atoms with Crippen LogP contribution < -0.4 is 20.3 Å². The number of carbonyl (C=O) groups is 3. The van der Waals surface area contributed by atoms with E-state index in [4.69, 9.17) is 4.74 Å². The Balaban J connectivity index is 1.38. The van der Waals surface area contributed by atoms with Crippen molar-refractivity contribution in [2.75, 3.05) is 22.1 Å². The fourth-order valence-corrected chi connectivity index (χ4v) is 3.95. The summed E-state index contributed by atoms with van der Waals surface area (Å²) in [6.07, 6.45) is -0.266. The fraction of sp³-hybridized carbons (Fsp3) is 0.0741. The largest absolute Gasteiger partial charge is 0.484 e. The molecule has 2 N–H and O–H groups in total. The summed E-state index contributed by atoms with van der Waals surface area (Å²) in [5.74, 6) is -0.372. The lowest BCUT2D eigenvalue weighted by Crippen LogP contribution is -2.26. The zero-order valence-corrected chi connectivity index (χ0v) is 18.2. The molecule has 0 aliphatic carbocycles. The minimum absolute atomic E-state index is 0.120. The van der Waals surface area contributed by atoms with Gasteiger partial charge in [-0.3, -0.25) is 19.3 Å². The van der Waals surface area contributed by atoms with Crippen LogP contribution in [0.1, 0.15) is 6.42 Å². The number of amides is 3. The second-order valence-electron chi connectivity index (χ2n) is 7.83. The Labute approximate surface area is 196 Å². The van der Waals surface area contributed by atoms with Gasteiger partial charge in [0, 0.05) is 16.8 Å². The summed E-state index contributed by atoms with van der Waals surface area (Å²) in [6, 6.07) is 27.4. The molecule has 0 atom stereocenters. The first-order valence-electron chi connectivity index (χ1n) is 10.8. The van der Waals surface area contributed by atoms with E-state index in [9.17, 15) is 14.4 Å². The van der Waals surface area contributed by atoms with Crippen LogP contribution in [0.4, 0.5) is 22.7 Å². The molecular formula is C27H21N3O4. The van der Waals surface area contributed by atoms with E-state index < -0.39 is 0 Å². The number of anilines is 4. The van der Waals surface area contributed by atoms with Gasteiger partial charge in [-0.2, -0.15) is 0 Å². The smallest absolute Gasteiger partial charge is 0.262 e. The Hall–Kier alpha value is -4.65. The molecule has 1 aliphatic rings. The third-order valence-electron chi connectivity index (χ3n) is 5.50. The molecule has 7 heteroatoms. The number of rotatable bonds is 5. The lowest BCUT2D eigenvalue weighted by Gasteiger charge is -2.23. The third kappa shape index (κ3) is 4.31. The normalized spacial score (nSPS) is 13.1. The molecule has 4 aromatic carbocycles. The van der Waals surface area contributed by atoms with Crippen LogP contribution in [0.2, 0.25) is 0 Å². The maximum absolute atomic E-state index is 13.0. The molecule has 0 fully saturated rings. The molecule has 0 aromatic heterocycles. The van der Waals surface area contributed by atoms with Gasteiger partial charge in [0.05, 0.1) is 11.4 Å². The van der Waals surface area contributed by atoms with E-state index in [1.807, 2.05) is 54.6 Å². The van der Waals surface area contributed by atoms with Crippen LogP contribution in [0.3, 0.4) is 0 Å². The van der Waals surface area contributed by atoms with Gasteiger partial charge in [0.1, 0.15) is 12.2 Å². The SMILES string of the molecule is O=C(COc1ccccc1)Nc1ccc(N2C(=O)CC(=O)Nc3c2ccc2ccccc32)cc1. The fourth-order valence-electron chi connectivity index (χ4n) is 3.95. The van der Waals surface area contributed by atoms with E-state index >= 15 is 0 Å². The molecule has 4 aromatic rings. The zero-order chi connectivity index (χ0) is 23.5. The van der Waals surface area contributed by atoms with Crippen LogP contribution in [-0.4, -0.2) is 24.3 Å². The quantitative estimate of drug-likeness (QED) is 0.424. The molecule has 34 heavy (non-hydrogen) atoms. The summed E-state index contributed by atoms with van der Waals surface area (Å²) < 4.78 is 5.47. The summed E-state index contributed by atoms with van der Waals surface area (Å²) in [6.45, 7) is -0.120. The molecule has 0 saturated heterocycles. The maximum atomic E-state index is 13.0. The van der Waals surface area contributed by atoms with Gasteiger partial charge in [-0.1, -0.05) is 48.5 Å². The van der Waals surface area contributed by atoms with E-state index in [2.05, 4.69) is 10.6 Å². The van der Waals surface area contributed by atoms with Crippen molar-refractivity contribution in [3.05, 3.63) is 91.0 Å². The number of ether oxygens (including phenoxy) is 1. The van der Waals surface area contributed by atoms with Crippen molar-refractivity contribution in [2.45, 2.75) is 6.42 Å². The van der Waals surface area contributed by atoms with Crippen molar-refractivity contribution in [3.63, 3.8) is 0 Å². The number of nitrogens with zero attached hydrogens (tertiary/aromatic N) is 1. The molecule has 0 spiro atoms. The molecule has 168 valence electrons. The zero-order valence-electron chi connectivity index (χ0n) is 18.2. The predicted octanol–water partition coefficient (Wildman–Crippen LogP) is 4.86. The van der Waals surface area contributed by atoms with Crippen LogP contribution in [-0.2, 0) is 14.4 Å². The van der Waals surface area contributed by atoms with Gasteiger partial charge in [0.25, 0.3) is 5.91 Å². The van der Waals surface area contributed by atoms with Gasteiger partial charge >= 0.3 is 0 Å². The van der Waals surface area contributed by atoms with Crippen LogP contribution in [0.15, 0.2) is 91.0 Å². The Kier molecular flexibility index (Phi) is 5.66. The Morgan fingerprint density at radius 3 is 2.41 bits per heavy atom. The average molecular weight is 451 g/mol. The lowest BCUT2D eigenvalue weighted by atomic mass is 10.1. The number of para-hydroxylation sites is 1. The lowest BCUT2D eigenvalue weighted by molar-refractivity contribution is -0.124. The molecule has 5 rings (SSSR count). The Morgan fingerprint density at radius 2 is 1.62 bits per heavy atom. The standard InChI is InChI=1S/C27H21N3O4/c31-24-16-26(33)30(23-15-10-18-6-4-5-9-22(18)27(23)29-24)20-13-11-19(12-14-20)28-25(32)17-34-21-7-2-1-3-8-21/h1-15H,16-17H2,(H,28,32)(H,29,31). The minimum Gasteiger partial charge on any atom is -0.484 e. The van der Waals surface area contributed by atoms with Gasteiger partial charge in [0.2, 0.25) is 11.8 Å². The van der Waals surface area contributed by atoms with E-state index in [0.717, 1.165) is 10.8 Å². The molecule has 0 radical (unpaired) electrons. The van der Waals surface area contributed by atoms with Gasteiger partial charge in [0.15, 0.2) is 6.61 Å².